The SMILES string of the molecule is C=CCn1c(=O)c2cnc(SC)nc2n1/C(=C/C=C\CC(C)(C)O)N=C. The number of fused-ring (bicyclic) bond motifs is 1. The highest BCUT2D eigenvalue weighted by molar-refractivity contribution is 7.98. The van der Waals surface area contributed by atoms with E-state index in [2.05, 4.69) is 28.3 Å². The maximum atomic E-state index is 12.7. The Labute approximate surface area is 156 Å². The van der Waals surface area contributed by atoms with Crippen molar-refractivity contribution in [2.45, 2.75) is 37.6 Å². The summed E-state index contributed by atoms with van der Waals surface area (Å²) in [7, 11) is 0. The number of aromatic nitrogens is 4. The zero-order valence-corrected chi connectivity index (χ0v) is 16.0. The molecule has 8 heteroatoms. The summed E-state index contributed by atoms with van der Waals surface area (Å²) in [6, 6.07) is 0. The van der Waals surface area contributed by atoms with Crippen LogP contribution in [0, 0.1) is 0 Å². The van der Waals surface area contributed by atoms with Crippen LogP contribution < -0.4 is 5.56 Å². The van der Waals surface area contributed by atoms with Gasteiger partial charge in [0.05, 0.1) is 12.1 Å². The van der Waals surface area contributed by atoms with Gasteiger partial charge >= 0.3 is 0 Å². The summed E-state index contributed by atoms with van der Waals surface area (Å²) < 4.78 is 3.10. The van der Waals surface area contributed by atoms with Crippen LogP contribution in [0.3, 0.4) is 0 Å². The molecular weight excluding hydrogens is 350 g/mol. The van der Waals surface area contributed by atoms with Crippen molar-refractivity contribution in [3.05, 3.63) is 47.4 Å². The zero-order chi connectivity index (χ0) is 19.3. The molecule has 0 amide bonds. The molecule has 0 saturated carbocycles. The quantitative estimate of drug-likeness (QED) is 0.253. The van der Waals surface area contributed by atoms with E-state index < -0.39 is 5.60 Å². The van der Waals surface area contributed by atoms with Crippen LogP contribution in [0.5, 0.6) is 0 Å². The van der Waals surface area contributed by atoms with Crippen LogP contribution >= 0.6 is 11.8 Å². The molecule has 0 spiro atoms. The van der Waals surface area contributed by atoms with Gasteiger partial charge in [0.1, 0.15) is 5.39 Å². The van der Waals surface area contributed by atoms with E-state index in [1.54, 1.807) is 36.8 Å². The molecule has 0 fully saturated rings. The summed E-state index contributed by atoms with van der Waals surface area (Å²) in [5.41, 5.74) is -0.550. The van der Waals surface area contributed by atoms with Gasteiger partial charge in [-0.1, -0.05) is 30.0 Å². The lowest BCUT2D eigenvalue weighted by Crippen LogP contribution is -2.21. The van der Waals surface area contributed by atoms with Crippen molar-refractivity contribution < 1.29 is 5.11 Å². The van der Waals surface area contributed by atoms with Gasteiger partial charge in [-0.05, 0) is 39.3 Å². The van der Waals surface area contributed by atoms with E-state index in [9.17, 15) is 9.90 Å². The number of hydrogen-bond donors (Lipinski definition) is 1. The molecule has 0 aliphatic rings. The summed E-state index contributed by atoms with van der Waals surface area (Å²) >= 11 is 1.39. The first-order valence-corrected chi connectivity index (χ1v) is 9.24. The summed E-state index contributed by atoms with van der Waals surface area (Å²) in [5, 5.41) is 10.7. The van der Waals surface area contributed by atoms with Crippen molar-refractivity contribution in [3.63, 3.8) is 0 Å². The lowest BCUT2D eigenvalue weighted by Gasteiger charge is -2.13. The summed E-state index contributed by atoms with van der Waals surface area (Å²) in [5.74, 6) is 0.441. The number of aliphatic hydroxyl groups is 1. The average Bonchev–Trinajstić information content (AvgIpc) is 2.86. The van der Waals surface area contributed by atoms with Crippen LogP contribution in [0.15, 0.2) is 52.0 Å². The molecule has 2 aromatic heterocycles. The van der Waals surface area contributed by atoms with Crippen molar-refractivity contribution in [2.75, 3.05) is 6.26 Å². The van der Waals surface area contributed by atoms with E-state index in [0.29, 0.717) is 35.0 Å². The second-order valence-corrected chi connectivity index (χ2v) is 6.98. The van der Waals surface area contributed by atoms with Gasteiger partial charge in [-0.3, -0.25) is 4.79 Å². The fourth-order valence-corrected chi connectivity index (χ4v) is 2.67. The molecular formula is C18H23N5O2S. The van der Waals surface area contributed by atoms with Gasteiger partial charge in [-0.15, -0.1) is 6.58 Å². The van der Waals surface area contributed by atoms with Crippen molar-refractivity contribution in [3.8, 4) is 0 Å². The van der Waals surface area contributed by atoms with Crippen LogP contribution in [0.1, 0.15) is 20.3 Å². The van der Waals surface area contributed by atoms with Crippen LogP contribution in [0.4, 0.5) is 0 Å². The maximum Gasteiger partial charge on any atom is 0.278 e. The summed E-state index contributed by atoms with van der Waals surface area (Å²) in [6.07, 6.45) is 10.8. The minimum atomic E-state index is -0.794. The Morgan fingerprint density at radius 1 is 1.50 bits per heavy atom. The Morgan fingerprint density at radius 3 is 2.81 bits per heavy atom. The van der Waals surface area contributed by atoms with E-state index in [1.807, 2.05) is 12.3 Å². The number of allylic oxidation sites excluding steroid dienone is 3. The van der Waals surface area contributed by atoms with E-state index in [0.717, 1.165) is 0 Å². The zero-order valence-electron chi connectivity index (χ0n) is 15.2. The highest BCUT2D eigenvalue weighted by Crippen LogP contribution is 2.18. The fraction of sp³-hybridized carbons (Fsp3) is 0.333. The first-order valence-electron chi connectivity index (χ1n) is 8.02. The van der Waals surface area contributed by atoms with Crippen LogP contribution in [0.25, 0.3) is 16.9 Å². The molecule has 0 bridgehead atoms. The molecule has 138 valence electrons. The van der Waals surface area contributed by atoms with Crippen LogP contribution in [-0.2, 0) is 6.54 Å². The molecule has 0 radical (unpaired) electrons. The van der Waals surface area contributed by atoms with Crippen LogP contribution in [0.2, 0.25) is 0 Å². The molecule has 0 aliphatic heterocycles. The van der Waals surface area contributed by atoms with E-state index >= 15 is 0 Å². The Bertz CT molecular complexity index is 931. The standard InChI is InChI=1S/C18H23N5O2S/c1-6-11-22-16(24)13-12-20-17(26-5)21-15(13)23(22)14(19-4)9-7-8-10-18(2,3)25/h6-9,12,25H,1,4,10-11H2,2-3,5H3/b8-7-,14-9+. The minimum absolute atomic E-state index is 0.220. The highest BCUT2D eigenvalue weighted by Gasteiger charge is 2.17. The third kappa shape index (κ3) is 4.39. The molecule has 0 saturated heterocycles. The Kier molecular flexibility index (Phi) is 6.33. The minimum Gasteiger partial charge on any atom is -0.390 e. The molecule has 2 heterocycles. The molecule has 0 aliphatic carbocycles. The van der Waals surface area contributed by atoms with E-state index in [-0.39, 0.29) is 5.56 Å². The topological polar surface area (TPSA) is 85.3 Å². The Morgan fingerprint density at radius 2 is 2.23 bits per heavy atom. The van der Waals surface area contributed by atoms with E-state index in [4.69, 9.17) is 0 Å². The highest BCUT2D eigenvalue weighted by atomic mass is 32.2. The summed E-state index contributed by atoms with van der Waals surface area (Å²) in [6.45, 7) is 11.1. The average molecular weight is 373 g/mol. The van der Waals surface area contributed by atoms with Crippen molar-refractivity contribution >= 4 is 35.3 Å². The number of rotatable bonds is 8. The largest absolute Gasteiger partial charge is 0.390 e. The monoisotopic (exact) mass is 373 g/mol. The molecule has 0 atom stereocenters. The lowest BCUT2D eigenvalue weighted by molar-refractivity contribution is 0.0839. The molecule has 0 unspecified atom stereocenters. The number of thioether (sulfide) groups is 1. The molecule has 26 heavy (non-hydrogen) atoms. The molecule has 1 N–H and O–H groups in total. The van der Waals surface area contributed by atoms with Gasteiger partial charge in [-0.25, -0.2) is 24.3 Å². The fourth-order valence-electron chi connectivity index (χ4n) is 2.33. The Balaban J connectivity index is 2.63. The molecule has 2 aromatic rings. The second kappa shape index (κ2) is 8.29. The third-order valence-corrected chi connectivity index (χ3v) is 4.08. The lowest BCUT2D eigenvalue weighted by atomic mass is 10.1. The first-order chi connectivity index (χ1) is 12.3. The predicted molar refractivity (Wildman–Crippen MR) is 108 cm³/mol. The normalized spacial score (nSPS) is 12.8. The summed E-state index contributed by atoms with van der Waals surface area (Å²) in [4.78, 5) is 25.4. The maximum absolute atomic E-state index is 12.7. The number of aliphatic imine (C=N–C) groups is 1. The predicted octanol–water partition coefficient (Wildman–Crippen LogP) is 2.72. The van der Waals surface area contributed by atoms with Gasteiger partial charge in [0, 0.05) is 6.20 Å². The first kappa shape index (κ1) is 19.9. The third-order valence-electron chi connectivity index (χ3n) is 3.52. The Hall–Kier alpha value is -2.45. The molecule has 7 nitrogen and oxygen atoms in total. The van der Waals surface area contributed by atoms with Gasteiger partial charge in [-0.2, -0.15) is 0 Å². The van der Waals surface area contributed by atoms with Crippen molar-refractivity contribution in [1.29, 1.82) is 0 Å². The van der Waals surface area contributed by atoms with Gasteiger partial charge in [0.2, 0.25) is 0 Å². The second-order valence-electron chi connectivity index (χ2n) is 6.21. The number of nitrogens with zero attached hydrogens (tertiary/aromatic N) is 5. The molecule has 0 aromatic carbocycles. The molecule has 2 rings (SSSR count). The smallest absolute Gasteiger partial charge is 0.278 e. The van der Waals surface area contributed by atoms with Crippen molar-refractivity contribution in [2.24, 2.45) is 4.99 Å². The van der Waals surface area contributed by atoms with Crippen molar-refractivity contribution in [1.82, 2.24) is 19.3 Å². The number of hydrogen-bond acceptors (Lipinski definition) is 6. The van der Waals surface area contributed by atoms with Gasteiger partial charge < -0.3 is 5.11 Å². The van der Waals surface area contributed by atoms with Gasteiger partial charge in [0.15, 0.2) is 16.6 Å². The van der Waals surface area contributed by atoms with Crippen LogP contribution in [-0.4, -0.2) is 43.0 Å². The van der Waals surface area contributed by atoms with Gasteiger partial charge in [0.25, 0.3) is 5.56 Å². The van der Waals surface area contributed by atoms with E-state index in [1.165, 1.54) is 22.6 Å².